The first-order chi connectivity index (χ1) is 11.1. The zero-order chi connectivity index (χ0) is 16.2. The lowest BCUT2D eigenvalue weighted by molar-refractivity contribution is 0.0935. The molecule has 0 fully saturated rings. The summed E-state index contributed by atoms with van der Waals surface area (Å²) in [6.45, 7) is 1.91. The molecule has 23 heavy (non-hydrogen) atoms. The molecule has 1 unspecified atom stereocenters. The minimum absolute atomic E-state index is 0.148. The van der Waals surface area contributed by atoms with Crippen LogP contribution in [-0.2, 0) is 0 Å². The zero-order valence-corrected chi connectivity index (χ0v) is 13.3. The van der Waals surface area contributed by atoms with Crippen molar-refractivity contribution in [2.24, 2.45) is 0 Å². The molecular formula is C18H16ClN3O. The van der Waals surface area contributed by atoms with Gasteiger partial charge in [-0.05, 0) is 30.7 Å². The molecule has 1 aromatic heterocycles. The van der Waals surface area contributed by atoms with Crippen molar-refractivity contribution in [3.8, 4) is 11.3 Å². The highest BCUT2D eigenvalue weighted by Gasteiger charge is 2.14. The average Bonchev–Trinajstić information content (AvgIpc) is 3.06. The van der Waals surface area contributed by atoms with E-state index in [1.54, 1.807) is 12.1 Å². The van der Waals surface area contributed by atoms with E-state index in [0.717, 1.165) is 16.8 Å². The Morgan fingerprint density at radius 1 is 1.13 bits per heavy atom. The molecule has 0 saturated carbocycles. The van der Waals surface area contributed by atoms with E-state index in [-0.39, 0.29) is 11.9 Å². The molecule has 4 nitrogen and oxygen atoms in total. The van der Waals surface area contributed by atoms with Crippen LogP contribution in [-0.4, -0.2) is 16.1 Å². The van der Waals surface area contributed by atoms with Crippen molar-refractivity contribution < 1.29 is 4.79 Å². The highest BCUT2D eigenvalue weighted by Crippen LogP contribution is 2.19. The molecule has 116 valence electrons. The minimum atomic E-state index is -0.202. The van der Waals surface area contributed by atoms with E-state index in [0.29, 0.717) is 10.7 Å². The highest BCUT2D eigenvalue weighted by molar-refractivity contribution is 6.30. The van der Waals surface area contributed by atoms with E-state index in [1.165, 1.54) is 0 Å². The molecule has 1 amide bonds. The molecule has 0 saturated heterocycles. The fraction of sp³-hybridized carbons (Fsp3) is 0.111. The number of carbonyl (C=O) groups is 1. The van der Waals surface area contributed by atoms with Gasteiger partial charge in [-0.1, -0.05) is 54.1 Å². The lowest BCUT2D eigenvalue weighted by atomic mass is 10.1. The van der Waals surface area contributed by atoms with Gasteiger partial charge in [0.15, 0.2) is 0 Å². The third-order valence-corrected chi connectivity index (χ3v) is 3.82. The first kappa shape index (κ1) is 15.3. The van der Waals surface area contributed by atoms with Crippen molar-refractivity contribution in [1.82, 2.24) is 15.5 Å². The third kappa shape index (κ3) is 3.60. The first-order valence-corrected chi connectivity index (χ1v) is 7.68. The van der Waals surface area contributed by atoms with Crippen molar-refractivity contribution in [3.05, 3.63) is 76.9 Å². The maximum Gasteiger partial charge on any atom is 0.269 e. The topological polar surface area (TPSA) is 57.8 Å². The van der Waals surface area contributed by atoms with Gasteiger partial charge >= 0.3 is 0 Å². The molecular weight excluding hydrogens is 310 g/mol. The molecule has 0 aliphatic carbocycles. The van der Waals surface area contributed by atoms with Gasteiger partial charge in [-0.3, -0.25) is 9.89 Å². The number of hydrogen-bond acceptors (Lipinski definition) is 2. The first-order valence-electron chi connectivity index (χ1n) is 7.30. The number of rotatable bonds is 4. The summed E-state index contributed by atoms with van der Waals surface area (Å²) >= 11 is 5.98. The molecule has 0 radical (unpaired) electrons. The van der Waals surface area contributed by atoms with Crippen molar-refractivity contribution in [3.63, 3.8) is 0 Å². The molecule has 0 aliphatic heterocycles. The van der Waals surface area contributed by atoms with Gasteiger partial charge in [-0.15, -0.1) is 0 Å². The predicted octanol–water partition coefficient (Wildman–Crippen LogP) is 4.22. The standard InChI is InChI=1S/C18H16ClN3O/c1-12(14-8-5-9-15(19)10-14)20-18(23)17-11-16(21-22-17)13-6-3-2-4-7-13/h2-12H,1H3,(H,20,23)(H,21,22). The third-order valence-electron chi connectivity index (χ3n) is 3.59. The number of aromatic nitrogens is 2. The molecule has 1 atom stereocenters. The van der Waals surface area contributed by atoms with Gasteiger partial charge in [-0.25, -0.2) is 0 Å². The van der Waals surface area contributed by atoms with Gasteiger partial charge < -0.3 is 5.32 Å². The van der Waals surface area contributed by atoms with Crippen LogP contribution in [0, 0.1) is 0 Å². The number of halogens is 1. The molecule has 0 bridgehead atoms. The number of nitrogens with one attached hydrogen (secondary N) is 2. The van der Waals surface area contributed by atoms with Crippen LogP contribution in [0.1, 0.15) is 29.0 Å². The molecule has 5 heteroatoms. The van der Waals surface area contributed by atoms with E-state index in [2.05, 4.69) is 15.5 Å². The van der Waals surface area contributed by atoms with Gasteiger partial charge in [0, 0.05) is 10.6 Å². The lowest BCUT2D eigenvalue weighted by Gasteiger charge is -2.13. The largest absolute Gasteiger partial charge is 0.344 e. The molecule has 2 N–H and O–H groups in total. The van der Waals surface area contributed by atoms with Crippen LogP contribution in [0.15, 0.2) is 60.7 Å². The van der Waals surface area contributed by atoms with Gasteiger partial charge in [0.1, 0.15) is 5.69 Å². The lowest BCUT2D eigenvalue weighted by Crippen LogP contribution is -2.26. The monoisotopic (exact) mass is 325 g/mol. The highest BCUT2D eigenvalue weighted by atomic mass is 35.5. The van der Waals surface area contributed by atoms with E-state index in [4.69, 9.17) is 11.6 Å². The summed E-state index contributed by atoms with van der Waals surface area (Å²) in [5.74, 6) is -0.202. The Labute approximate surface area is 139 Å². The number of H-pyrrole nitrogens is 1. The van der Waals surface area contributed by atoms with E-state index >= 15 is 0 Å². The van der Waals surface area contributed by atoms with Crippen molar-refractivity contribution >= 4 is 17.5 Å². The van der Waals surface area contributed by atoms with Crippen molar-refractivity contribution in [1.29, 1.82) is 0 Å². The summed E-state index contributed by atoms with van der Waals surface area (Å²) in [7, 11) is 0. The van der Waals surface area contributed by atoms with Gasteiger partial charge in [0.05, 0.1) is 11.7 Å². The molecule has 0 spiro atoms. The fourth-order valence-electron chi connectivity index (χ4n) is 2.33. The summed E-state index contributed by atoms with van der Waals surface area (Å²) in [5.41, 5.74) is 3.09. The molecule has 2 aromatic carbocycles. The SMILES string of the molecule is CC(NC(=O)c1cc(-c2ccccc2)n[nH]1)c1cccc(Cl)c1. The molecule has 0 aliphatic rings. The molecule has 3 rings (SSSR count). The maximum atomic E-state index is 12.3. The molecule has 1 heterocycles. The van der Waals surface area contributed by atoms with Crippen LogP contribution >= 0.6 is 11.6 Å². The van der Waals surface area contributed by atoms with Crippen molar-refractivity contribution in [2.75, 3.05) is 0 Å². The minimum Gasteiger partial charge on any atom is -0.344 e. The summed E-state index contributed by atoms with van der Waals surface area (Å²) in [4.78, 5) is 12.3. The molecule has 3 aromatic rings. The number of amides is 1. The predicted molar refractivity (Wildman–Crippen MR) is 91.4 cm³/mol. The van der Waals surface area contributed by atoms with Crippen molar-refractivity contribution in [2.45, 2.75) is 13.0 Å². The second kappa shape index (κ2) is 6.67. The number of aromatic amines is 1. The van der Waals surface area contributed by atoms with Crippen LogP contribution in [0.5, 0.6) is 0 Å². The maximum absolute atomic E-state index is 12.3. The Balaban J connectivity index is 1.73. The van der Waals surface area contributed by atoms with Gasteiger partial charge in [0.2, 0.25) is 0 Å². The number of benzene rings is 2. The van der Waals surface area contributed by atoms with E-state index in [1.807, 2.05) is 55.5 Å². The Morgan fingerprint density at radius 3 is 2.65 bits per heavy atom. The van der Waals surface area contributed by atoms with Crippen LogP contribution in [0.2, 0.25) is 5.02 Å². The van der Waals surface area contributed by atoms with E-state index < -0.39 is 0 Å². The Morgan fingerprint density at radius 2 is 1.91 bits per heavy atom. The summed E-state index contributed by atoms with van der Waals surface area (Å²) in [6, 6.07) is 18.8. The van der Waals surface area contributed by atoms with Gasteiger partial charge in [-0.2, -0.15) is 5.10 Å². The Hall–Kier alpha value is -2.59. The normalized spacial score (nSPS) is 11.9. The van der Waals surface area contributed by atoms with Gasteiger partial charge in [0.25, 0.3) is 5.91 Å². The second-order valence-corrected chi connectivity index (χ2v) is 5.72. The summed E-state index contributed by atoms with van der Waals surface area (Å²) in [6.07, 6.45) is 0. The Kier molecular flexibility index (Phi) is 4.44. The summed E-state index contributed by atoms with van der Waals surface area (Å²) < 4.78 is 0. The Bertz CT molecular complexity index is 814. The second-order valence-electron chi connectivity index (χ2n) is 5.28. The van der Waals surface area contributed by atoms with Crippen LogP contribution in [0.4, 0.5) is 0 Å². The quantitative estimate of drug-likeness (QED) is 0.754. The average molecular weight is 326 g/mol. The van der Waals surface area contributed by atoms with Crippen LogP contribution < -0.4 is 5.32 Å². The summed E-state index contributed by atoms with van der Waals surface area (Å²) in [5, 5.41) is 10.6. The smallest absolute Gasteiger partial charge is 0.269 e. The fourth-order valence-corrected chi connectivity index (χ4v) is 2.53. The number of carbonyl (C=O) groups excluding carboxylic acids is 1. The van der Waals surface area contributed by atoms with E-state index in [9.17, 15) is 4.79 Å². The number of hydrogen-bond donors (Lipinski definition) is 2. The van der Waals surface area contributed by atoms with Crippen LogP contribution in [0.3, 0.4) is 0 Å². The number of nitrogens with zero attached hydrogens (tertiary/aromatic N) is 1. The zero-order valence-electron chi connectivity index (χ0n) is 12.6. The van der Waals surface area contributed by atoms with Crippen LogP contribution in [0.25, 0.3) is 11.3 Å².